The van der Waals surface area contributed by atoms with Gasteiger partial charge in [-0.3, -0.25) is 14.9 Å². The molecule has 0 spiro atoms. The largest absolute Gasteiger partial charge is 0.396 e. The van der Waals surface area contributed by atoms with Crippen LogP contribution >= 0.6 is 0 Å². The maximum Gasteiger partial charge on any atom is 0.275 e. The number of nitro benzene ring substituents is 1. The summed E-state index contributed by atoms with van der Waals surface area (Å²) in [4.78, 5) is 22.6. The molecule has 0 bridgehead atoms. The van der Waals surface area contributed by atoms with Crippen LogP contribution in [-0.4, -0.2) is 29.1 Å². The summed E-state index contributed by atoms with van der Waals surface area (Å²) < 4.78 is 0. The van der Waals surface area contributed by atoms with Gasteiger partial charge in [0.25, 0.3) is 11.6 Å². The number of aliphatic hydroxyl groups excluding tert-OH is 1. The highest BCUT2D eigenvalue weighted by Crippen LogP contribution is 2.28. The Morgan fingerprint density at radius 3 is 2.53 bits per heavy atom. The molecule has 0 atom stereocenters. The van der Waals surface area contributed by atoms with Gasteiger partial charge in [-0.25, -0.2) is 0 Å². The SMILES string of the molecule is Cc1cc(C)c([N+](=O)[O-])c(C)c1C(=O)NCCCO. The van der Waals surface area contributed by atoms with Crippen molar-refractivity contribution < 1.29 is 14.8 Å². The lowest BCUT2D eigenvalue weighted by Crippen LogP contribution is -2.27. The van der Waals surface area contributed by atoms with Gasteiger partial charge in [-0.15, -0.1) is 0 Å². The first kappa shape index (κ1) is 15.1. The summed E-state index contributed by atoms with van der Waals surface area (Å²) in [5.74, 6) is -0.341. The molecule has 1 aromatic carbocycles. The van der Waals surface area contributed by atoms with Gasteiger partial charge in [-0.05, 0) is 38.8 Å². The molecule has 1 aromatic rings. The van der Waals surface area contributed by atoms with Crippen molar-refractivity contribution in [1.82, 2.24) is 5.32 Å². The summed E-state index contributed by atoms with van der Waals surface area (Å²) in [5, 5.41) is 22.3. The van der Waals surface area contributed by atoms with Crippen molar-refractivity contribution in [2.45, 2.75) is 27.2 Å². The van der Waals surface area contributed by atoms with Crippen LogP contribution in [0.15, 0.2) is 6.07 Å². The summed E-state index contributed by atoms with van der Waals surface area (Å²) in [5.41, 5.74) is 1.96. The van der Waals surface area contributed by atoms with E-state index in [0.717, 1.165) is 0 Å². The maximum absolute atomic E-state index is 12.0. The Hall–Kier alpha value is -1.95. The van der Waals surface area contributed by atoms with Crippen molar-refractivity contribution in [3.8, 4) is 0 Å². The molecule has 0 aromatic heterocycles. The molecular formula is C13H18N2O4. The molecule has 0 heterocycles. The number of aryl methyl sites for hydroxylation is 2. The van der Waals surface area contributed by atoms with E-state index in [1.807, 2.05) is 0 Å². The highest BCUT2D eigenvalue weighted by atomic mass is 16.6. The first-order chi connectivity index (χ1) is 8.90. The number of benzene rings is 1. The number of nitro groups is 1. The molecule has 2 N–H and O–H groups in total. The van der Waals surface area contributed by atoms with Crippen LogP contribution < -0.4 is 5.32 Å². The average molecular weight is 266 g/mol. The number of amides is 1. The van der Waals surface area contributed by atoms with Gasteiger partial charge in [0.1, 0.15) is 0 Å². The van der Waals surface area contributed by atoms with Gasteiger partial charge in [-0.2, -0.15) is 0 Å². The normalized spacial score (nSPS) is 10.3. The van der Waals surface area contributed by atoms with E-state index in [1.165, 1.54) is 0 Å². The lowest BCUT2D eigenvalue weighted by molar-refractivity contribution is -0.386. The van der Waals surface area contributed by atoms with Crippen molar-refractivity contribution in [3.63, 3.8) is 0 Å². The fraction of sp³-hybridized carbons (Fsp3) is 0.462. The number of nitrogens with zero attached hydrogens (tertiary/aromatic N) is 1. The number of rotatable bonds is 5. The summed E-state index contributed by atoms with van der Waals surface area (Å²) in [6, 6.07) is 1.64. The van der Waals surface area contributed by atoms with Crippen molar-refractivity contribution in [1.29, 1.82) is 0 Å². The Bertz CT molecular complexity index is 512. The van der Waals surface area contributed by atoms with Crippen molar-refractivity contribution >= 4 is 11.6 Å². The number of carbonyl (C=O) groups excluding carboxylic acids is 1. The Morgan fingerprint density at radius 1 is 1.37 bits per heavy atom. The van der Waals surface area contributed by atoms with E-state index in [2.05, 4.69) is 5.32 Å². The fourth-order valence-electron chi connectivity index (χ4n) is 2.17. The highest BCUT2D eigenvalue weighted by molar-refractivity contribution is 5.98. The van der Waals surface area contributed by atoms with Gasteiger partial charge in [0.15, 0.2) is 0 Å². The minimum absolute atomic E-state index is 0.00765. The summed E-state index contributed by atoms with van der Waals surface area (Å²) in [7, 11) is 0. The second-order valence-electron chi connectivity index (χ2n) is 4.45. The molecule has 0 aliphatic carbocycles. The van der Waals surface area contributed by atoms with Crippen LogP contribution in [0.1, 0.15) is 33.5 Å². The predicted molar refractivity (Wildman–Crippen MR) is 71.3 cm³/mol. The monoisotopic (exact) mass is 266 g/mol. The third-order valence-corrected chi connectivity index (χ3v) is 2.96. The molecule has 6 nitrogen and oxygen atoms in total. The summed E-state index contributed by atoms with van der Waals surface area (Å²) in [6.45, 7) is 5.33. The summed E-state index contributed by atoms with van der Waals surface area (Å²) >= 11 is 0. The molecule has 1 amide bonds. The van der Waals surface area contributed by atoms with Crippen molar-refractivity contribution in [2.75, 3.05) is 13.2 Å². The van der Waals surface area contributed by atoms with Gasteiger partial charge in [0, 0.05) is 24.3 Å². The molecule has 19 heavy (non-hydrogen) atoms. The van der Waals surface area contributed by atoms with Gasteiger partial charge in [0.05, 0.1) is 10.5 Å². The molecular weight excluding hydrogens is 248 g/mol. The van der Waals surface area contributed by atoms with Gasteiger partial charge >= 0.3 is 0 Å². The van der Waals surface area contributed by atoms with E-state index in [4.69, 9.17) is 5.11 Å². The van der Waals surface area contributed by atoms with Crippen molar-refractivity contribution in [2.24, 2.45) is 0 Å². The maximum atomic E-state index is 12.0. The topological polar surface area (TPSA) is 92.5 Å². The van der Waals surface area contributed by atoms with Gasteiger partial charge < -0.3 is 10.4 Å². The second-order valence-corrected chi connectivity index (χ2v) is 4.45. The number of hydrogen-bond donors (Lipinski definition) is 2. The third-order valence-electron chi connectivity index (χ3n) is 2.96. The Balaban J connectivity index is 3.17. The zero-order valence-corrected chi connectivity index (χ0v) is 11.3. The van der Waals surface area contributed by atoms with E-state index in [0.29, 0.717) is 35.2 Å². The van der Waals surface area contributed by atoms with Crippen LogP contribution in [0.3, 0.4) is 0 Å². The standard InChI is InChI=1S/C13H18N2O4/c1-8-7-9(2)12(15(18)19)10(3)11(8)13(17)14-5-4-6-16/h7,16H,4-6H2,1-3H3,(H,14,17). The average Bonchev–Trinajstić information content (AvgIpc) is 2.27. The molecule has 0 fully saturated rings. The molecule has 0 saturated carbocycles. The molecule has 0 unspecified atom stereocenters. The minimum Gasteiger partial charge on any atom is -0.396 e. The van der Waals surface area contributed by atoms with Crippen LogP contribution in [0.25, 0.3) is 0 Å². The first-order valence-electron chi connectivity index (χ1n) is 6.04. The number of hydrogen-bond acceptors (Lipinski definition) is 4. The quantitative estimate of drug-likeness (QED) is 0.481. The van der Waals surface area contributed by atoms with E-state index < -0.39 is 4.92 Å². The predicted octanol–water partition coefficient (Wildman–Crippen LogP) is 1.63. The van der Waals surface area contributed by atoms with E-state index in [-0.39, 0.29) is 18.2 Å². The Labute approximate surface area is 111 Å². The van der Waals surface area contributed by atoms with Gasteiger partial charge in [-0.1, -0.05) is 0 Å². The fourth-order valence-corrected chi connectivity index (χ4v) is 2.17. The Morgan fingerprint density at radius 2 is 2.00 bits per heavy atom. The Kier molecular flexibility index (Phi) is 5.00. The number of carbonyl (C=O) groups is 1. The van der Waals surface area contributed by atoms with E-state index >= 15 is 0 Å². The second kappa shape index (κ2) is 6.29. The van der Waals surface area contributed by atoms with E-state index in [9.17, 15) is 14.9 Å². The van der Waals surface area contributed by atoms with Crippen molar-refractivity contribution in [3.05, 3.63) is 38.4 Å². The lowest BCUT2D eigenvalue weighted by atomic mass is 9.97. The minimum atomic E-state index is -0.464. The zero-order chi connectivity index (χ0) is 14.6. The number of aliphatic hydroxyl groups is 1. The van der Waals surface area contributed by atoms with Crippen LogP contribution in [0, 0.1) is 30.9 Å². The van der Waals surface area contributed by atoms with Crippen LogP contribution in [-0.2, 0) is 0 Å². The molecule has 6 heteroatoms. The van der Waals surface area contributed by atoms with E-state index in [1.54, 1.807) is 26.8 Å². The van der Waals surface area contributed by atoms with Crippen LogP contribution in [0.4, 0.5) is 5.69 Å². The molecule has 104 valence electrons. The molecule has 0 radical (unpaired) electrons. The van der Waals surface area contributed by atoms with Crippen LogP contribution in [0.2, 0.25) is 0 Å². The molecule has 0 aliphatic rings. The third kappa shape index (κ3) is 3.29. The highest BCUT2D eigenvalue weighted by Gasteiger charge is 2.23. The summed E-state index contributed by atoms with van der Waals surface area (Å²) in [6.07, 6.45) is 0.456. The lowest BCUT2D eigenvalue weighted by Gasteiger charge is -2.12. The van der Waals surface area contributed by atoms with Gasteiger partial charge in [0.2, 0.25) is 0 Å². The first-order valence-corrected chi connectivity index (χ1v) is 6.04. The number of nitrogens with one attached hydrogen (secondary N) is 1. The molecule has 0 saturated heterocycles. The van der Waals surface area contributed by atoms with Crippen LogP contribution in [0.5, 0.6) is 0 Å². The zero-order valence-electron chi connectivity index (χ0n) is 11.3. The molecule has 1 rings (SSSR count). The smallest absolute Gasteiger partial charge is 0.275 e. The molecule has 0 aliphatic heterocycles.